The lowest BCUT2D eigenvalue weighted by atomic mass is 9.80. The minimum Gasteiger partial charge on any atom is -0.393 e. The number of rotatable bonds is 2. The molecular formula is C16H25N3O2. The molecule has 21 heavy (non-hydrogen) atoms. The topological polar surface area (TPSA) is 58.4 Å². The van der Waals surface area contributed by atoms with Crippen molar-refractivity contribution in [3.8, 4) is 0 Å². The summed E-state index contributed by atoms with van der Waals surface area (Å²) in [4.78, 5) is 14.8. The van der Waals surface area contributed by atoms with E-state index in [0.29, 0.717) is 5.69 Å². The summed E-state index contributed by atoms with van der Waals surface area (Å²) < 4.78 is 1.67. The van der Waals surface area contributed by atoms with Crippen molar-refractivity contribution in [3.05, 3.63) is 17.5 Å². The molecule has 1 saturated heterocycles. The van der Waals surface area contributed by atoms with Crippen LogP contribution in [-0.4, -0.2) is 44.4 Å². The monoisotopic (exact) mass is 291 g/mol. The van der Waals surface area contributed by atoms with Crippen molar-refractivity contribution in [2.45, 2.75) is 57.6 Å². The van der Waals surface area contributed by atoms with Gasteiger partial charge in [0.15, 0.2) is 0 Å². The Morgan fingerprint density at radius 3 is 2.71 bits per heavy atom. The zero-order valence-corrected chi connectivity index (χ0v) is 13.0. The maximum absolute atomic E-state index is 12.8. The first kappa shape index (κ1) is 14.6. The van der Waals surface area contributed by atoms with Crippen LogP contribution in [0.25, 0.3) is 0 Å². The van der Waals surface area contributed by atoms with Gasteiger partial charge in [-0.2, -0.15) is 5.10 Å². The molecule has 0 radical (unpaired) electrons. The van der Waals surface area contributed by atoms with E-state index in [1.54, 1.807) is 4.68 Å². The fourth-order valence-corrected chi connectivity index (χ4v) is 4.04. The van der Waals surface area contributed by atoms with Gasteiger partial charge in [0.1, 0.15) is 5.69 Å². The minimum atomic E-state index is -0.245. The van der Waals surface area contributed by atoms with Crippen LogP contribution in [0.2, 0.25) is 0 Å². The van der Waals surface area contributed by atoms with Gasteiger partial charge >= 0.3 is 0 Å². The smallest absolute Gasteiger partial charge is 0.272 e. The largest absolute Gasteiger partial charge is 0.393 e. The molecule has 2 heterocycles. The third-order valence-electron chi connectivity index (χ3n) is 5.06. The van der Waals surface area contributed by atoms with E-state index >= 15 is 0 Å². The fourth-order valence-electron chi connectivity index (χ4n) is 4.04. The Bertz CT molecular complexity index is 526. The average molecular weight is 291 g/mol. The second-order valence-corrected chi connectivity index (χ2v) is 6.52. The lowest BCUT2D eigenvalue weighted by molar-refractivity contribution is 0.0207. The zero-order chi connectivity index (χ0) is 15.0. The molecule has 2 aliphatic rings. The van der Waals surface area contributed by atoms with E-state index in [4.69, 9.17) is 0 Å². The molecule has 5 heteroatoms. The molecule has 2 fully saturated rings. The number of nitrogens with zero attached hydrogens (tertiary/aromatic N) is 3. The number of carbonyl (C=O) groups excluding carboxylic acids is 1. The van der Waals surface area contributed by atoms with Crippen LogP contribution >= 0.6 is 0 Å². The Labute approximate surface area is 125 Å². The summed E-state index contributed by atoms with van der Waals surface area (Å²) >= 11 is 0. The summed E-state index contributed by atoms with van der Waals surface area (Å²) in [7, 11) is 1.82. The molecule has 1 aliphatic carbocycles. The van der Waals surface area contributed by atoms with Gasteiger partial charge in [0.2, 0.25) is 0 Å². The predicted octanol–water partition coefficient (Wildman–Crippen LogP) is 1.88. The molecule has 5 nitrogen and oxygen atoms in total. The van der Waals surface area contributed by atoms with Crippen LogP contribution < -0.4 is 0 Å². The van der Waals surface area contributed by atoms with E-state index in [1.165, 1.54) is 6.42 Å². The van der Waals surface area contributed by atoms with Crippen molar-refractivity contribution < 1.29 is 9.90 Å². The van der Waals surface area contributed by atoms with Gasteiger partial charge in [-0.3, -0.25) is 9.48 Å². The lowest BCUT2D eigenvalue weighted by Gasteiger charge is -2.37. The van der Waals surface area contributed by atoms with Gasteiger partial charge in [-0.1, -0.05) is 12.8 Å². The van der Waals surface area contributed by atoms with E-state index < -0.39 is 0 Å². The summed E-state index contributed by atoms with van der Waals surface area (Å²) in [5.74, 6) is 0.317. The van der Waals surface area contributed by atoms with Crippen LogP contribution in [0.4, 0.5) is 0 Å². The normalized spacial score (nSPS) is 29.9. The second kappa shape index (κ2) is 5.79. The van der Waals surface area contributed by atoms with E-state index in [1.807, 2.05) is 24.9 Å². The van der Waals surface area contributed by atoms with E-state index in [9.17, 15) is 9.90 Å². The van der Waals surface area contributed by atoms with Crippen LogP contribution in [0.15, 0.2) is 6.07 Å². The number of hydrogen-bond acceptors (Lipinski definition) is 3. The average Bonchev–Trinajstić information content (AvgIpc) is 3.05. The first-order chi connectivity index (χ1) is 10.1. The molecule has 0 spiro atoms. The van der Waals surface area contributed by atoms with Gasteiger partial charge in [0, 0.05) is 25.6 Å². The van der Waals surface area contributed by atoms with Gasteiger partial charge in [0.05, 0.1) is 11.8 Å². The molecule has 3 rings (SSSR count). The van der Waals surface area contributed by atoms with Crippen LogP contribution in [0.5, 0.6) is 0 Å². The first-order valence-corrected chi connectivity index (χ1v) is 8.07. The van der Waals surface area contributed by atoms with E-state index in [0.717, 1.165) is 44.3 Å². The molecule has 116 valence electrons. The summed E-state index contributed by atoms with van der Waals surface area (Å²) in [6, 6.07) is 2.05. The number of aryl methyl sites for hydroxylation is 2. The fraction of sp³-hybridized carbons (Fsp3) is 0.750. The van der Waals surface area contributed by atoms with Gasteiger partial charge in [-0.25, -0.2) is 0 Å². The number of carbonyl (C=O) groups is 1. The van der Waals surface area contributed by atoms with Crippen molar-refractivity contribution in [1.82, 2.24) is 14.7 Å². The molecular weight excluding hydrogens is 266 g/mol. The Morgan fingerprint density at radius 2 is 2.05 bits per heavy atom. The summed E-state index contributed by atoms with van der Waals surface area (Å²) in [5, 5.41) is 14.6. The number of likely N-dealkylation sites (tertiary alicyclic amines) is 1. The van der Waals surface area contributed by atoms with Crippen molar-refractivity contribution in [2.75, 3.05) is 6.54 Å². The molecule has 1 aromatic heterocycles. The van der Waals surface area contributed by atoms with Gasteiger partial charge in [-0.15, -0.1) is 0 Å². The van der Waals surface area contributed by atoms with Gasteiger partial charge in [0.25, 0.3) is 5.91 Å². The molecule has 0 aromatic carbocycles. The number of amides is 1. The van der Waals surface area contributed by atoms with Crippen LogP contribution in [0.3, 0.4) is 0 Å². The minimum absolute atomic E-state index is 0.0679. The Balaban J connectivity index is 1.80. The SMILES string of the molecule is Cc1cc(C(=O)N2CCCC2C2CCCCC2O)n(C)n1. The number of aliphatic hydroxyl groups excluding tert-OH is 1. The molecule has 0 bridgehead atoms. The van der Waals surface area contributed by atoms with E-state index in [2.05, 4.69) is 5.10 Å². The Kier molecular flexibility index (Phi) is 4.02. The van der Waals surface area contributed by atoms with Crippen LogP contribution in [0.1, 0.15) is 54.7 Å². The molecule has 3 atom stereocenters. The first-order valence-electron chi connectivity index (χ1n) is 8.07. The van der Waals surface area contributed by atoms with Crippen molar-refractivity contribution in [2.24, 2.45) is 13.0 Å². The van der Waals surface area contributed by atoms with Crippen molar-refractivity contribution in [3.63, 3.8) is 0 Å². The molecule has 1 saturated carbocycles. The highest BCUT2D eigenvalue weighted by atomic mass is 16.3. The van der Waals surface area contributed by atoms with Gasteiger partial charge < -0.3 is 10.0 Å². The molecule has 1 amide bonds. The number of aromatic nitrogens is 2. The highest BCUT2D eigenvalue weighted by Gasteiger charge is 2.39. The highest BCUT2D eigenvalue weighted by molar-refractivity contribution is 5.93. The van der Waals surface area contributed by atoms with E-state index in [-0.39, 0.29) is 24.0 Å². The second-order valence-electron chi connectivity index (χ2n) is 6.52. The van der Waals surface area contributed by atoms with Crippen LogP contribution in [-0.2, 0) is 7.05 Å². The molecule has 1 aliphatic heterocycles. The predicted molar refractivity (Wildman–Crippen MR) is 80.0 cm³/mol. The third kappa shape index (κ3) is 2.71. The Morgan fingerprint density at radius 1 is 1.29 bits per heavy atom. The maximum atomic E-state index is 12.8. The van der Waals surface area contributed by atoms with Crippen molar-refractivity contribution >= 4 is 5.91 Å². The van der Waals surface area contributed by atoms with Crippen LogP contribution in [0, 0.1) is 12.8 Å². The molecule has 3 unspecified atom stereocenters. The zero-order valence-electron chi connectivity index (χ0n) is 13.0. The third-order valence-corrected chi connectivity index (χ3v) is 5.06. The Hall–Kier alpha value is -1.36. The molecule has 1 N–H and O–H groups in total. The standard InChI is InChI=1S/C16H25N3O2/c1-11-10-14(18(2)17-11)16(21)19-9-5-7-13(19)12-6-3-4-8-15(12)20/h10,12-13,15,20H,3-9H2,1-2H3. The highest BCUT2D eigenvalue weighted by Crippen LogP contribution is 2.35. The number of hydrogen-bond donors (Lipinski definition) is 1. The molecule has 1 aromatic rings. The quantitative estimate of drug-likeness (QED) is 0.905. The van der Waals surface area contributed by atoms with Crippen molar-refractivity contribution in [1.29, 1.82) is 0 Å². The summed E-state index contributed by atoms with van der Waals surface area (Å²) in [5.41, 5.74) is 1.53. The summed E-state index contributed by atoms with van der Waals surface area (Å²) in [6.07, 6.45) is 6.02. The number of aliphatic hydroxyl groups is 1. The summed E-state index contributed by atoms with van der Waals surface area (Å²) in [6.45, 7) is 2.71. The maximum Gasteiger partial charge on any atom is 0.272 e. The van der Waals surface area contributed by atoms with Gasteiger partial charge in [-0.05, 0) is 38.7 Å². The lowest BCUT2D eigenvalue weighted by Crippen LogP contribution is -2.45.